The highest BCUT2D eigenvalue weighted by Crippen LogP contribution is 2.16. The zero-order valence-electron chi connectivity index (χ0n) is 14.5. The lowest BCUT2D eigenvalue weighted by Gasteiger charge is -2.09. The number of rotatable bonds is 13. The maximum absolute atomic E-state index is 5.72. The van der Waals surface area contributed by atoms with Crippen LogP contribution in [0.1, 0.15) is 70.8 Å². The number of benzene rings is 1. The molecule has 0 amide bonds. The molecule has 0 aliphatic heterocycles. The van der Waals surface area contributed by atoms with E-state index in [0.717, 1.165) is 17.7 Å². The van der Waals surface area contributed by atoms with Gasteiger partial charge in [-0.3, -0.25) is 0 Å². The Morgan fingerprint density at radius 3 is 1.91 bits per heavy atom. The first-order chi connectivity index (χ1) is 10.7. The maximum Gasteiger partial charge on any atom is 0.119 e. The molecule has 1 rings (SSSR count). The van der Waals surface area contributed by atoms with Gasteiger partial charge in [0.2, 0.25) is 0 Å². The molecule has 0 bridgehead atoms. The van der Waals surface area contributed by atoms with Crippen LogP contribution in [0.4, 0.5) is 0 Å². The number of unbranched alkanes of at least 4 members (excludes halogenated alkanes) is 7. The van der Waals surface area contributed by atoms with Crippen molar-refractivity contribution in [2.75, 3.05) is 11.9 Å². The summed E-state index contributed by atoms with van der Waals surface area (Å²) >= 11 is 3.49. The second-order valence-corrected chi connectivity index (χ2v) is 7.41. The van der Waals surface area contributed by atoms with Crippen LogP contribution in [0.5, 0.6) is 5.75 Å². The second-order valence-electron chi connectivity index (χ2n) is 6.62. The van der Waals surface area contributed by atoms with Crippen molar-refractivity contribution in [2.45, 2.75) is 71.6 Å². The van der Waals surface area contributed by atoms with Crippen LogP contribution in [0.2, 0.25) is 0 Å². The molecule has 0 aliphatic carbocycles. The quantitative estimate of drug-likeness (QED) is 0.275. The maximum atomic E-state index is 5.72. The van der Waals surface area contributed by atoms with E-state index in [-0.39, 0.29) is 0 Å². The van der Waals surface area contributed by atoms with Gasteiger partial charge in [0.1, 0.15) is 5.75 Å². The van der Waals surface area contributed by atoms with Gasteiger partial charge >= 0.3 is 0 Å². The van der Waals surface area contributed by atoms with Crippen molar-refractivity contribution in [1.29, 1.82) is 0 Å². The minimum absolute atomic E-state index is 0.583. The van der Waals surface area contributed by atoms with Crippen molar-refractivity contribution in [3.63, 3.8) is 0 Å². The highest BCUT2D eigenvalue weighted by molar-refractivity contribution is 9.09. The van der Waals surface area contributed by atoms with Crippen LogP contribution in [-0.4, -0.2) is 11.9 Å². The summed E-state index contributed by atoms with van der Waals surface area (Å²) in [5.41, 5.74) is 1.44. The predicted molar refractivity (Wildman–Crippen MR) is 101 cm³/mol. The van der Waals surface area contributed by atoms with Gasteiger partial charge in [-0.2, -0.15) is 0 Å². The Kier molecular flexibility index (Phi) is 11.5. The molecule has 2 heteroatoms. The summed E-state index contributed by atoms with van der Waals surface area (Å²) in [4.78, 5) is 0. The Morgan fingerprint density at radius 2 is 1.36 bits per heavy atom. The van der Waals surface area contributed by atoms with Gasteiger partial charge in [-0.1, -0.05) is 80.4 Å². The molecule has 0 aromatic heterocycles. The van der Waals surface area contributed by atoms with E-state index in [4.69, 9.17) is 4.74 Å². The van der Waals surface area contributed by atoms with Gasteiger partial charge in [-0.15, -0.1) is 0 Å². The number of hydrogen-bond donors (Lipinski definition) is 0. The van der Waals surface area contributed by atoms with Gasteiger partial charge in [-0.05, 0) is 42.9 Å². The predicted octanol–water partition coefficient (Wildman–Crippen LogP) is 6.78. The lowest BCUT2D eigenvalue weighted by molar-refractivity contribution is 0.271. The molecule has 0 heterocycles. The Morgan fingerprint density at radius 1 is 0.818 bits per heavy atom. The van der Waals surface area contributed by atoms with Crippen molar-refractivity contribution >= 4 is 15.9 Å². The fourth-order valence-corrected chi connectivity index (χ4v) is 2.90. The molecule has 0 unspecified atom stereocenters. The monoisotopic (exact) mass is 368 g/mol. The van der Waals surface area contributed by atoms with E-state index in [1.165, 1.54) is 63.4 Å². The van der Waals surface area contributed by atoms with Gasteiger partial charge < -0.3 is 4.74 Å². The van der Waals surface area contributed by atoms with Crippen molar-refractivity contribution in [3.05, 3.63) is 29.8 Å². The third-order valence-corrected chi connectivity index (χ3v) is 4.42. The molecular weight excluding hydrogens is 336 g/mol. The van der Waals surface area contributed by atoms with E-state index < -0.39 is 0 Å². The number of ether oxygens (including phenoxy) is 1. The van der Waals surface area contributed by atoms with E-state index in [9.17, 15) is 0 Å². The van der Waals surface area contributed by atoms with E-state index in [1.54, 1.807) is 0 Å². The molecule has 0 atom stereocenters. The Balaban J connectivity index is 2.03. The molecule has 0 N–H and O–H groups in total. The molecule has 0 saturated heterocycles. The first kappa shape index (κ1) is 19.5. The van der Waals surface area contributed by atoms with Crippen LogP contribution < -0.4 is 4.74 Å². The molecule has 1 aromatic carbocycles. The number of halogens is 1. The fraction of sp³-hybridized carbons (Fsp3) is 0.700. The molecule has 22 heavy (non-hydrogen) atoms. The third kappa shape index (κ3) is 10.3. The van der Waals surface area contributed by atoms with E-state index >= 15 is 0 Å². The van der Waals surface area contributed by atoms with Crippen LogP contribution >= 0.6 is 15.9 Å². The first-order valence-corrected chi connectivity index (χ1v) is 10.1. The summed E-state index contributed by atoms with van der Waals surface area (Å²) in [5, 5.41) is 1.16. The van der Waals surface area contributed by atoms with Gasteiger partial charge in [0, 0.05) is 5.33 Å². The molecule has 1 nitrogen and oxygen atoms in total. The molecule has 0 saturated carbocycles. The highest BCUT2D eigenvalue weighted by Gasteiger charge is 1.99. The zero-order valence-corrected chi connectivity index (χ0v) is 16.0. The second kappa shape index (κ2) is 13.0. The molecule has 0 radical (unpaired) electrons. The van der Waals surface area contributed by atoms with Crippen LogP contribution in [-0.2, 0) is 6.42 Å². The van der Waals surface area contributed by atoms with Gasteiger partial charge in [0.25, 0.3) is 0 Å². The Labute approximate surface area is 146 Å². The third-order valence-electron chi connectivity index (χ3n) is 3.86. The Hall–Kier alpha value is -0.500. The summed E-state index contributed by atoms with van der Waals surface area (Å²) in [7, 11) is 0. The summed E-state index contributed by atoms with van der Waals surface area (Å²) in [5.74, 6) is 1.58. The number of hydrogen-bond acceptors (Lipinski definition) is 1. The van der Waals surface area contributed by atoms with Crippen LogP contribution in [0, 0.1) is 5.92 Å². The van der Waals surface area contributed by atoms with E-state index in [1.807, 2.05) is 0 Å². The van der Waals surface area contributed by atoms with Gasteiger partial charge in [-0.25, -0.2) is 0 Å². The summed E-state index contributed by atoms with van der Waals surface area (Å²) in [6.45, 7) is 5.15. The SMILES string of the molecule is CC(C)COc1ccc(CCCCCCCCCCBr)cc1. The lowest BCUT2D eigenvalue weighted by Crippen LogP contribution is -2.04. The molecule has 1 aromatic rings. The summed E-state index contributed by atoms with van der Waals surface area (Å²) < 4.78 is 5.72. The average Bonchev–Trinajstić information content (AvgIpc) is 2.52. The number of alkyl halides is 1. The molecule has 0 aliphatic rings. The number of aryl methyl sites for hydroxylation is 1. The average molecular weight is 369 g/mol. The smallest absolute Gasteiger partial charge is 0.119 e. The minimum atomic E-state index is 0.583. The highest BCUT2D eigenvalue weighted by atomic mass is 79.9. The normalized spacial score (nSPS) is 11.1. The van der Waals surface area contributed by atoms with Crippen molar-refractivity contribution in [2.24, 2.45) is 5.92 Å². The first-order valence-electron chi connectivity index (χ1n) is 9.00. The van der Waals surface area contributed by atoms with Crippen LogP contribution in [0.3, 0.4) is 0 Å². The van der Waals surface area contributed by atoms with Gasteiger partial charge in [0.15, 0.2) is 0 Å². The molecular formula is C20H33BrO. The van der Waals surface area contributed by atoms with E-state index in [2.05, 4.69) is 54.0 Å². The largest absolute Gasteiger partial charge is 0.493 e. The molecule has 0 spiro atoms. The fourth-order valence-electron chi connectivity index (χ4n) is 2.50. The Bertz CT molecular complexity index is 358. The van der Waals surface area contributed by atoms with Crippen LogP contribution in [0.15, 0.2) is 24.3 Å². The molecule has 126 valence electrons. The zero-order chi connectivity index (χ0) is 16.0. The standard InChI is InChI=1S/C20H33BrO/c1-18(2)17-22-20-14-12-19(13-15-20)11-9-7-5-3-4-6-8-10-16-21/h12-15,18H,3-11,16-17H2,1-2H3. The summed E-state index contributed by atoms with van der Waals surface area (Å²) in [6, 6.07) is 8.66. The van der Waals surface area contributed by atoms with Crippen molar-refractivity contribution < 1.29 is 4.74 Å². The van der Waals surface area contributed by atoms with Gasteiger partial charge in [0.05, 0.1) is 6.61 Å². The minimum Gasteiger partial charge on any atom is -0.493 e. The van der Waals surface area contributed by atoms with Crippen molar-refractivity contribution in [3.8, 4) is 5.75 Å². The van der Waals surface area contributed by atoms with Crippen molar-refractivity contribution in [1.82, 2.24) is 0 Å². The topological polar surface area (TPSA) is 9.23 Å². The molecule has 0 fully saturated rings. The van der Waals surface area contributed by atoms with E-state index in [0.29, 0.717) is 5.92 Å². The van der Waals surface area contributed by atoms with Crippen LogP contribution in [0.25, 0.3) is 0 Å². The summed E-state index contributed by atoms with van der Waals surface area (Å²) in [6.07, 6.45) is 12.2. The lowest BCUT2D eigenvalue weighted by atomic mass is 10.0.